The summed E-state index contributed by atoms with van der Waals surface area (Å²) in [6.07, 6.45) is 4.75. The fourth-order valence-electron chi connectivity index (χ4n) is 7.35. The number of amidine groups is 1. The zero-order chi connectivity index (χ0) is 39.2. The van der Waals surface area contributed by atoms with E-state index in [9.17, 15) is 28.8 Å². The molecule has 1 saturated carbocycles. The third kappa shape index (κ3) is 11.9. The van der Waals surface area contributed by atoms with Crippen molar-refractivity contribution in [2.45, 2.75) is 130 Å². The van der Waals surface area contributed by atoms with Crippen LogP contribution in [0.2, 0.25) is 0 Å². The Labute approximate surface area is 312 Å². The molecular weight excluding hydrogens is 678 g/mol. The number of Topliss-reactive ketones (excluding diaryl/α,β-unsaturated/α-hetero) is 1. The molecule has 2 fully saturated rings. The first-order valence-electron chi connectivity index (χ1n) is 19.0. The molecule has 53 heavy (non-hydrogen) atoms. The van der Waals surface area contributed by atoms with Crippen LogP contribution in [0.4, 0.5) is 0 Å². The summed E-state index contributed by atoms with van der Waals surface area (Å²) in [7, 11) is 0. The molecule has 1 heterocycles. The van der Waals surface area contributed by atoms with Crippen LogP contribution in [0.5, 0.6) is 0 Å². The molecular formula is C38H59N9O6. The van der Waals surface area contributed by atoms with E-state index in [0.29, 0.717) is 32.2 Å². The summed E-state index contributed by atoms with van der Waals surface area (Å²) in [5.41, 5.74) is 0.840. The lowest BCUT2D eigenvalue weighted by Gasteiger charge is -2.34. The normalized spacial score (nSPS) is 20.4. The van der Waals surface area contributed by atoms with Gasteiger partial charge in [0.1, 0.15) is 24.0 Å². The number of hydrogen-bond donors (Lipinski definition) is 6. The molecule has 7 atom stereocenters. The van der Waals surface area contributed by atoms with Crippen molar-refractivity contribution in [1.82, 2.24) is 26.2 Å². The van der Waals surface area contributed by atoms with Crippen LogP contribution in [0.15, 0.2) is 40.7 Å². The van der Waals surface area contributed by atoms with Crippen molar-refractivity contribution in [1.29, 1.82) is 5.41 Å². The first-order valence-corrected chi connectivity index (χ1v) is 19.0. The summed E-state index contributed by atoms with van der Waals surface area (Å²) in [6, 6.07) is 5.04. The molecule has 3 rings (SSSR count). The number of benzene rings is 1. The Morgan fingerprint density at radius 1 is 0.887 bits per heavy atom. The minimum Gasteiger partial charge on any atom is -0.344 e. The number of nitrogens with zero attached hydrogens (tertiary/aromatic N) is 3. The predicted molar refractivity (Wildman–Crippen MR) is 200 cm³/mol. The smallest absolute Gasteiger partial charge is 0.290 e. The number of rotatable bonds is 19. The predicted octanol–water partition coefficient (Wildman–Crippen LogP) is 3.49. The average molecular weight is 738 g/mol. The van der Waals surface area contributed by atoms with E-state index in [1.807, 2.05) is 51.1 Å². The maximum Gasteiger partial charge on any atom is 0.290 e. The highest BCUT2D eigenvalue weighted by atomic mass is 16.2. The topological polar surface area (TPSA) is 228 Å². The van der Waals surface area contributed by atoms with Gasteiger partial charge in [-0.2, -0.15) is 0 Å². The van der Waals surface area contributed by atoms with Crippen LogP contribution in [-0.4, -0.2) is 76.8 Å². The molecule has 292 valence electrons. The summed E-state index contributed by atoms with van der Waals surface area (Å²) in [5.74, 6) is 1.09. The quantitative estimate of drug-likeness (QED) is 0.0235. The molecule has 1 aliphatic carbocycles. The van der Waals surface area contributed by atoms with Gasteiger partial charge in [0, 0.05) is 19.4 Å². The van der Waals surface area contributed by atoms with Crippen LogP contribution in [0.25, 0.3) is 0 Å². The molecule has 7 N–H and O–H groups in total. The van der Waals surface area contributed by atoms with Crippen LogP contribution in [0, 0.1) is 29.1 Å². The van der Waals surface area contributed by atoms with Crippen molar-refractivity contribution in [3.05, 3.63) is 35.9 Å². The van der Waals surface area contributed by atoms with Gasteiger partial charge in [-0.1, -0.05) is 83.0 Å². The second-order valence-electron chi connectivity index (χ2n) is 15.0. The molecule has 0 aromatic heterocycles. The molecule has 0 spiro atoms. The molecule has 1 aromatic carbocycles. The summed E-state index contributed by atoms with van der Waals surface area (Å²) in [4.78, 5) is 83.0. The average Bonchev–Trinajstić information content (AvgIpc) is 3.72. The Hall–Kier alpha value is -4.69. The summed E-state index contributed by atoms with van der Waals surface area (Å²) in [6.45, 7) is 11.2. The monoisotopic (exact) mass is 737 g/mol. The first-order chi connectivity index (χ1) is 25.2. The van der Waals surface area contributed by atoms with E-state index >= 15 is 0 Å². The lowest BCUT2D eigenvalue weighted by atomic mass is 9.92. The van der Waals surface area contributed by atoms with Gasteiger partial charge in [-0.25, -0.2) is 0 Å². The zero-order valence-corrected chi connectivity index (χ0v) is 32.0. The van der Waals surface area contributed by atoms with Crippen LogP contribution >= 0.6 is 0 Å². The molecule has 1 unspecified atom stereocenters. The van der Waals surface area contributed by atoms with Crippen LogP contribution in [-0.2, 0) is 28.8 Å². The molecule has 5 amide bonds. The Bertz CT molecular complexity index is 1480. The lowest BCUT2D eigenvalue weighted by Crippen LogP contribution is -2.60. The van der Waals surface area contributed by atoms with Crippen molar-refractivity contribution in [3.63, 3.8) is 0 Å². The number of hydrogen-bond acceptors (Lipinski definition) is 8. The Morgan fingerprint density at radius 2 is 1.55 bits per heavy atom. The van der Waals surface area contributed by atoms with Gasteiger partial charge in [-0.05, 0) is 68.3 Å². The number of fused-ring (bicyclic) bond motifs is 1. The SMILES string of the molecule is CCCC(NC(=O)[C@@H]1[C@H]2CCC[C@H]2CN1C(=O)[C@@H](NC(=O)[C@H](NC(=O)CCCCC(=N)N=NN)C(C)C)C(C)C)C(=O)C(=O)N[C@H](C)c1ccccc1. The lowest BCUT2D eigenvalue weighted by molar-refractivity contribution is -0.145. The molecule has 0 radical (unpaired) electrons. The highest BCUT2D eigenvalue weighted by Gasteiger charge is 2.51. The summed E-state index contributed by atoms with van der Waals surface area (Å²) < 4.78 is 0. The first kappa shape index (κ1) is 42.7. The second kappa shape index (κ2) is 20.5. The summed E-state index contributed by atoms with van der Waals surface area (Å²) in [5, 5.41) is 25.4. The van der Waals surface area contributed by atoms with E-state index in [4.69, 9.17) is 11.3 Å². The Morgan fingerprint density at radius 3 is 2.17 bits per heavy atom. The van der Waals surface area contributed by atoms with E-state index in [1.54, 1.807) is 25.7 Å². The molecule has 1 aromatic rings. The number of nitrogens with two attached hydrogens (primary N) is 1. The zero-order valence-electron chi connectivity index (χ0n) is 32.0. The largest absolute Gasteiger partial charge is 0.344 e. The van der Waals surface area contributed by atoms with E-state index in [0.717, 1.165) is 24.8 Å². The van der Waals surface area contributed by atoms with Gasteiger partial charge in [-0.15, -0.1) is 5.11 Å². The molecule has 0 bridgehead atoms. The molecule has 15 nitrogen and oxygen atoms in total. The van der Waals surface area contributed by atoms with Crippen LogP contribution in [0.3, 0.4) is 0 Å². The number of nitrogens with one attached hydrogen (secondary N) is 5. The standard InChI is InChI=1S/C38H59N9O6/c1-7-14-28(34(49)37(52)41-24(6)25-15-9-8-10-16-25)42-36(51)33-27-18-13-17-26(27)21-47(33)38(53)32(23(4)5)44-35(50)31(22(2)3)43-30(48)20-12-11-19-29(39)45-46-40/h8-10,15-16,22-24,26-28,31-33H,7,11-14,17-21H2,1-6H3,(H,41,52)(H,42,51)(H,43,48)(H,44,50)(H3,39,40,45)/t24-,26+,27+,28?,31-,32+,33+/m1/s1. The highest BCUT2D eigenvalue weighted by Crippen LogP contribution is 2.42. The highest BCUT2D eigenvalue weighted by molar-refractivity contribution is 6.38. The fourth-order valence-corrected chi connectivity index (χ4v) is 7.35. The number of likely N-dealkylation sites (tertiary alicyclic amines) is 1. The minimum atomic E-state index is -1.06. The van der Waals surface area contributed by atoms with E-state index in [2.05, 4.69) is 31.6 Å². The molecule has 1 saturated heterocycles. The van der Waals surface area contributed by atoms with Gasteiger partial charge in [0.25, 0.3) is 5.91 Å². The third-order valence-corrected chi connectivity index (χ3v) is 10.3. The maximum atomic E-state index is 14.3. The number of carbonyl (C=O) groups is 6. The van der Waals surface area contributed by atoms with Crippen molar-refractivity contribution in [2.24, 2.45) is 39.9 Å². The van der Waals surface area contributed by atoms with Gasteiger partial charge in [0.15, 0.2) is 0 Å². The van der Waals surface area contributed by atoms with Crippen molar-refractivity contribution < 1.29 is 28.8 Å². The number of amides is 5. The van der Waals surface area contributed by atoms with E-state index in [-0.39, 0.29) is 48.3 Å². The second-order valence-corrected chi connectivity index (χ2v) is 15.0. The Kier molecular flexibility index (Phi) is 16.5. The molecule has 1 aliphatic heterocycles. The Balaban J connectivity index is 1.72. The van der Waals surface area contributed by atoms with Crippen LogP contribution in [0.1, 0.15) is 111 Å². The minimum absolute atomic E-state index is 0.0175. The number of carbonyl (C=O) groups excluding carboxylic acids is 6. The van der Waals surface area contributed by atoms with Crippen molar-refractivity contribution in [3.8, 4) is 0 Å². The van der Waals surface area contributed by atoms with Crippen molar-refractivity contribution >= 4 is 41.2 Å². The van der Waals surface area contributed by atoms with Gasteiger partial charge in [0.2, 0.25) is 29.4 Å². The number of unbranched alkanes of at least 4 members (excludes halogenated alkanes) is 1. The molecule has 15 heteroatoms. The van der Waals surface area contributed by atoms with Crippen molar-refractivity contribution in [2.75, 3.05) is 6.54 Å². The van der Waals surface area contributed by atoms with E-state index in [1.165, 1.54) is 0 Å². The van der Waals surface area contributed by atoms with Gasteiger partial charge >= 0.3 is 0 Å². The fraction of sp³-hybridized carbons (Fsp3) is 0.658. The van der Waals surface area contributed by atoms with Gasteiger partial charge in [-0.3, -0.25) is 34.2 Å². The summed E-state index contributed by atoms with van der Waals surface area (Å²) >= 11 is 0. The van der Waals surface area contributed by atoms with Crippen LogP contribution < -0.4 is 27.1 Å². The van der Waals surface area contributed by atoms with E-state index < -0.39 is 59.6 Å². The maximum absolute atomic E-state index is 14.3. The molecule has 2 aliphatic rings. The third-order valence-electron chi connectivity index (χ3n) is 10.3. The van der Waals surface area contributed by atoms with Gasteiger partial charge in [0.05, 0.1) is 12.1 Å². The number of ketones is 1. The van der Waals surface area contributed by atoms with Gasteiger partial charge < -0.3 is 32.0 Å².